The van der Waals surface area contributed by atoms with Crippen LogP contribution in [0.2, 0.25) is 0 Å². The predicted molar refractivity (Wildman–Crippen MR) is 83.0 cm³/mol. The third-order valence-electron chi connectivity index (χ3n) is 3.24. The van der Waals surface area contributed by atoms with E-state index in [-0.39, 0.29) is 16.7 Å². The topological polar surface area (TPSA) is 63.2 Å². The summed E-state index contributed by atoms with van der Waals surface area (Å²) in [5.41, 5.74) is 1.51. The van der Waals surface area contributed by atoms with Crippen LogP contribution < -0.4 is 5.32 Å². The van der Waals surface area contributed by atoms with E-state index in [1.54, 1.807) is 19.1 Å². The molecular formula is C16H17NO3S. The van der Waals surface area contributed by atoms with Gasteiger partial charge in [0.05, 0.1) is 10.8 Å². The fraction of sp³-hybridized carbons (Fsp3) is 0.188. The molecule has 0 aromatic heterocycles. The summed E-state index contributed by atoms with van der Waals surface area (Å²) in [6.07, 6.45) is 1.16. The van der Waals surface area contributed by atoms with E-state index in [1.807, 2.05) is 30.3 Å². The first-order valence-corrected chi connectivity index (χ1v) is 8.43. The van der Waals surface area contributed by atoms with E-state index in [2.05, 4.69) is 5.32 Å². The normalized spacial score (nSPS) is 12.7. The number of sulfone groups is 1. The Labute approximate surface area is 124 Å². The Bertz CT molecular complexity index is 722. The van der Waals surface area contributed by atoms with E-state index in [0.717, 1.165) is 17.5 Å². The van der Waals surface area contributed by atoms with E-state index in [1.165, 1.54) is 12.1 Å². The van der Waals surface area contributed by atoms with E-state index in [9.17, 15) is 13.2 Å². The summed E-state index contributed by atoms with van der Waals surface area (Å²) in [5, 5.41) is 2.83. The summed E-state index contributed by atoms with van der Waals surface area (Å²) in [4.78, 5) is 12.4. The molecule has 1 amide bonds. The van der Waals surface area contributed by atoms with Crippen LogP contribution in [0.4, 0.5) is 5.69 Å². The SMILES string of the molecule is CC(C(=O)Nc1ccccc1)c1ccc(S(C)(=O)=O)cc1. The molecule has 1 N–H and O–H groups in total. The molecular weight excluding hydrogens is 286 g/mol. The van der Waals surface area contributed by atoms with E-state index >= 15 is 0 Å². The number of benzene rings is 2. The van der Waals surface area contributed by atoms with E-state index < -0.39 is 9.84 Å². The molecule has 0 aliphatic heterocycles. The maximum Gasteiger partial charge on any atom is 0.231 e. The summed E-state index contributed by atoms with van der Waals surface area (Å²) in [6, 6.07) is 15.6. The van der Waals surface area contributed by atoms with Crippen LogP contribution in [-0.2, 0) is 14.6 Å². The summed E-state index contributed by atoms with van der Waals surface area (Å²) in [6.45, 7) is 1.79. The minimum atomic E-state index is -3.21. The Morgan fingerprint density at radius 3 is 2.10 bits per heavy atom. The van der Waals surface area contributed by atoms with Crippen LogP contribution in [0.15, 0.2) is 59.5 Å². The molecule has 0 fully saturated rings. The molecule has 1 atom stereocenters. The summed E-state index contributed by atoms with van der Waals surface area (Å²) >= 11 is 0. The molecule has 0 saturated carbocycles. The molecule has 0 aliphatic rings. The fourth-order valence-corrected chi connectivity index (χ4v) is 2.56. The van der Waals surface area contributed by atoms with Crippen molar-refractivity contribution in [1.82, 2.24) is 0 Å². The first kappa shape index (κ1) is 15.3. The zero-order valence-electron chi connectivity index (χ0n) is 11.9. The molecule has 0 bridgehead atoms. The maximum atomic E-state index is 12.2. The second-order valence-corrected chi connectivity index (χ2v) is 6.93. The summed E-state index contributed by atoms with van der Waals surface area (Å²) in [5.74, 6) is -0.493. The number of anilines is 1. The van der Waals surface area contributed by atoms with Gasteiger partial charge in [0.2, 0.25) is 5.91 Å². The Kier molecular flexibility index (Phi) is 4.43. The zero-order chi connectivity index (χ0) is 15.5. The smallest absolute Gasteiger partial charge is 0.231 e. The van der Waals surface area contributed by atoms with Crippen LogP contribution >= 0.6 is 0 Å². The molecule has 2 rings (SSSR count). The number of carbonyl (C=O) groups is 1. The van der Waals surface area contributed by atoms with Gasteiger partial charge in [0.15, 0.2) is 9.84 Å². The van der Waals surface area contributed by atoms with Gasteiger partial charge in [-0.3, -0.25) is 4.79 Å². The number of hydrogen-bond donors (Lipinski definition) is 1. The van der Waals surface area contributed by atoms with Gasteiger partial charge >= 0.3 is 0 Å². The van der Waals surface area contributed by atoms with Crippen molar-refractivity contribution < 1.29 is 13.2 Å². The van der Waals surface area contributed by atoms with Crippen LogP contribution in [0.25, 0.3) is 0 Å². The molecule has 0 saturated heterocycles. The third kappa shape index (κ3) is 3.92. The van der Waals surface area contributed by atoms with Gasteiger partial charge in [0, 0.05) is 11.9 Å². The second kappa shape index (κ2) is 6.10. The fourth-order valence-electron chi connectivity index (χ4n) is 1.93. The quantitative estimate of drug-likeness (QED) is 0.944. The minimum absolute atomic E-state index is 0.131. The highest BCUT2D eigenvalue weighted by Gasteiger charge is 2.16. The Morgan fingerprint density at radius 2 is 1.57 bits per heavy atom. The highest BCUT2D eigenvalue weighted by atomic mass is 32.2. The lowest BCUT2D eigenvalue weighted by molar-refractivity contribution is -0.117. The maximum absolute atomic E-state index is 12.2. The van der Waals surface area contributed by atoms with E-state index in [0.29, 0.717) is 0 Å². The first-order valence-electron chi connectivity index (χ1n) is 6.54. The van der Waals surface area contributed by atoms with Gasteiger partial charge in [-0.15, -0.1) is 0 Å². The average molecular weight is 303 g/mol. The van der Waals surface area contributed by atoms with Gasteiger partial charge in [0.1, 0.15) is 0 Å². The van der Waals surface area contributed by atoms with Crippen molar-refractivity contribution in [3.8, 4) is 0 Å². The van der Waals surface area contributed by atoms with Crippen LogP contribution in [0.5, 0.6) is 0 Å². The average Bonchev–Trinajstić information content (AvgIpc) is 2.46. The molecule has 0 heterocycles. The monoisotopic (exact) mass is 303 g/mol. The Balaban J connectivity index is 2.12. The highest BCUT2D eigenvalue weighted by Crippen LogP contribution is 2.20. The second-order valence-electron chi connectivity index (χ2n) is 4.92. The van der Waals surface area contributed by atoms with Gasteiger partial charge < -0.3 is 5.32 Å². The number of hydrogen-bond acceptors (Lipinski definition) is 3. The standard InChI is InChI=1S/C16H17NO3S/c1-12(16(18)17-14-6-4-3-5-7-14)13-8-10-15(11-9-13)21(2,19)20/h3-12H,1-2H3,(H,17,18). The lowest BCUT2D eigenvalue weighted by Crippen LogP contribution is -2.18. The van der Waals surface area contributed by atoms with Crippen LogP contribution in [0, 0.1) is 0 Å². The summed E-state index contributed by atoms with van der Waals surface area (Å²) in [7, 11) is -3.21. The number of amides is 1. The number of rotatable bonds is 4. The van der Waals surface area contributed by atoms with Crippen molar-refractivity contribution in [2.75, 3.05) is 11.6 Å². The number of nitrogens with one attached hydrogen (secondary N) is 1. The van der Waals surface area contributed by atoms with Crippen molar-refractivity contribution in [2.24, 2.45) is 0 Å². The van der Waals surface area contributed by atoms with Crippen molar-refractivity contribution >= 4 is 21.4 Å². The minimum Gasteiger partial charge on any atom is -0.326 e. The Morgan fingerprint density at radius 1 is 1.00 bits per heavy atom. The van der Waals surface area contributed by atoms with Crippen LogP contribution in [0.1, 0.15) is 18.4 Å². The highest BCUT2D eigenvalue weighted by molar-refractivity contribution is 7.90. The van der Waals surface area contributed by atoms with Crippen molar-refractivity contribution in [3.05, 3.63) is 60.2 Å². The van der Waals surface area contributed by atoms with Gasteiger partial charge in [-0.05, 0) is 36.8 Å². The number of para-hydroxylation sites is 1. The molecule has 110 valence electrons. The van der Waals surface area contributed by atoms with Gasteiger partial charge in [0.25, 0.3) is 0 Å². The first-order chi connectivity index (χ1) is 9.88. The number of carbonyl (C=O) groups excluding carboxylic acids is 1. The van der Waals surface area contributed by atoms with E-state index in [4.69, 9.17) is 0 Å². The lowest BCUT2D eigenvalue weighted by Gasteiger charge is -2.13. The molecule has 4 nitrogen and oxygen atoms in total. The Hall–Kier alpha value is -2.14. The molecule has 21 heavy (non-hydrogen) atoms. The molecule has 5 heteroatoms. The third-order valence-corrected chi connectivity index (χ3v) is 4.37. The molecule has 0 radical (unpaired) electrons. The molecule has 1 unspecified atom stereocenters. The molecule has 0 aliphatic carbocycles. The van der Waals surface area contributed by atoms with Crippen molar-refractivity contribution in [2.45, 2.75) is 17.7 Å². The molecule has 2 aromatic carbocycles. The van der Waals surface area contributed by atoms with Gasteiger partial charge in [-0.2, -0.15) is 0 Å². The predicted octanol–water partition coefficient (Wildman–Crippen LogP) is 2.83. The summed E-state index contributed by atoms with van der Waals surface area (Å²) < 4.78 is 22.8. The van der Waals surface area contributed by atoms with Crippen LogP contribution in [-0.4, -0.2) is 20.6 Å². The zero-order valence-corrected chi connectivity index (χ0v) is 12.7. The van der Waals surface area contributed by atoms with Crippen molar-refractivity contribution in [3.63, 3.8) is 0 Å². The van der Waals surface area contributed by atoms with Gasteiger partial charge in [-0.1, -0.05) is 30.3 Å². The van der Waals surface area contributed by atoms with Gasteiger partial charge in [-0.25, -0.2) is 8.42 Å². The largest absolute Gasteiger partial charge is 0.326 e. The lowest BCUT2D eigenvalue weighted by atomic mass is 10.0. The molecule has 2 aromatic rings. The van der Waals surface area contributed by atoms with Crippen LogP contribution in [0.3, 0.4) is 0 Å². The van der Waals surface area contributed by atoms with Crippen molar-refractivity contribution in [1.29, 1.82) is 0 Å². The molecule has 0 spiro atoms.